The van der Waals surface area contributed by atoms with Crippen molar-refractivity contribution in [3.8, 4) is 0 Å². The van der Waals surface area contributed by atoms with Crippen LogP contribution in [0.5, 0.6) is 0 Å². The predicted molar refractivity (Wildman–Crippen MR) is 116 cm³/mol. The van der Waals surface area contributed by atoms with E-state index in [2.05, 4.69) is 35.5 Å². The molecule has 3 aromatic rings. The summed E-state index contributed by atoms with van der Waals surface area (Å²) in [5, 5.41) is 4.92. The molecule has 2 heterocycles. The highest BCUT2D eigenvalue weighted by Gasteiger charge is 2.32. The number of nitrogens with zero attached hydrogens (tertiary/aromatic N) is 2. The van der Waals surface area contributed by atoms with Gasteiger partial charge in [0.25, 0.3) is 11.8 Å². The first kappa shape index (κ1) is 18.1. The molecule has 6 heteroatoms. The van der Waals surface area contributed by atoms with Crippen LogP contribution in [0.15, 0.2) is 60.7 Å². The van der Waals surface area contributed by atoms with E-state index in [0.717, 1.165) is 28.4 Å². The number of fused-ring (bicyclic) bond motifs is 3. The van der Waals surface area contributed by atoms with Gasteiger partial charge in [0.2, 0.25) is 0 Å². The van der Waals surface area contributed by atoms with Crippen LogP contribution >= 0.6 is 12.2 Å². The van der Waals surface area contributed by atoms with Gasteiger partial charge in [-0.25, -0.2) is 0 Å². The quantitative estimate of drug-likeness (QED) is 0.321. The van der Waals surface area contributed by atoms with E-state index in [4.69, 9.17) is 12.2 Å². The largest absolute Gasteiger partial charge is 0.341 e. The lowest BCUT2D eigenvalue weighted by molar-refractivity contribution is -0.128. The van der Waals surface area contributed by atoms with E-state index in [-0.39, 0.29) is 17.2 Å². The van der Waals surface area contributed by atoms with Crippen molar-refractivity contribution < 1.29 is 9.59 Å². The van der Waals surface area contributed by atoms with Gasteiger partial charge in [-0.3, -0.25) is 19.8 Å². The van der Waals surface area contributed by atoms with Gasteiger partial charge < -0.3 is 4.57 Å². The molecule has 2 aromatic carbocycles. The second kappa shape index (κ2) is 7.05. The number of carbonyl (C=O) groups is 2. The van der Waals surface area contributed by atoms with E-state index in [1.165, 1.54) is 10.4 Å². The zero-order chi connectivity index (χ0) is 19.8. The summed E-state index contributed by atoms with van der Waals surface area (Å²) in [6.07, 6.45) is 3.19. The molecule has 5 nitrogen and oxygen atoms in total. The average Bonchev–Trinajstić information content (AvgIpc) is 3.01. The number of para-hydroxylation sites is 1. The van der Waals surface area contributed by atoms with Gasteiger partial charge in [0.05, 0.1) is 0 Å². The Kier molecular flexibility index (Phi) is 4.57. The number of thiocarbonyl (C=S) groups is 1. The van der Waals surface area contributed by atoms with Gasteiger partial charge in [-0.15, -0.1) is 6.58 Å². The normalized spacial score (nSPS) is 16.2. The zero-order valence-corrected chi connectivity index (χ0v) is 16.3. The van der Waals surface area contributed by atoms with Crippen molar-refractivity contribution >= 4 is 57.0 Å². The van der Waals surface area contributed by atoms with Gasteiger partial charge in [0, 0.05) is 34.9 Å². The number of hydrogen-bond donors (Lipinski definition) is 1. The summed E-state index contributed by atoms with van der Waals surface area (Å²) in [7, 11) is 0. The number of aromatic nitrogens is 1. The summed E-state index contributed by atoms with van der Waals surface area (Å²) in [5.74, 6) is -0.892. The molecule has 0 bridgehead atoms. The summed E-state index contributed by atoms with van der Waals surface area (Å²) in [6.45, 7) is 6.86. The van der Waals surface area contributed by atoms with Crippen LogP contribution < -0.4 is 5.32 Å². The molecule has 140 valence electrons. The van der Waals surface area contributed by atoms with E-state index in [1.807, 2.05) is 30.3 Å². The summed E-state index contributed by atoms with van der Waals surface area (Å²) in [6, 6.07) is 14.2. The molecule has 0 radical (unpaired) electrons. The number of aryl methyl sites for hydroxylation is 1. The number of carbonyl (C=O) groups excluding carboxylic acids is 2. The highest BCUT2D eigenvalue weighted by Crippen LogP contribution is 2.30. The van der Waals surface area contributed by atoms with E-state index >= 15 is 0 Å². The maximum Gasteiger partial charge on any atom is 0.265 e. The van der Waals surface area contributed by atoms with Crippen molar-refractivity contribution in [1.82, 2.24) is 14.8 Å². The lowest BCUT2D eigenvalue weighted by Gasteiger charge is -2.27. The van der Waals surface area contributed by atoms with E-state index < -0.39 is 11.8 Å². The van der Waals surface area contributed by atoms with Gasteiger partial charge in [-0.2, -0.15) is 0 Å². The molecule has 1 aliphatic rings. The smallest absolute Gasteiger partial charge is 0.265 e. The minimum Gasteiger partial charge on any atom is -0.341 e. The van der Waals surface area contributed by atoms with Gasteiger partial charge in [0.1, 0.15) is 5.57 Å². The molecule has 0 unspecified atom stereocenters. The fraction of sp³-hybridized carbons (Fsp3) is 0.136. The van der Waals surface area contributed by atoms with Gasteiger partial charge in [0.15, 0.2) is 5.11 Å². The van der Waals surface area contributed by atoms with Crippen LogP contribution in [-0.4, -0.2) is 32.9 Å². The second-order valence-electron chi connectivity index (χ2n) is 6.56. The van der Waals surface area contributed by atoms with Crippen LogP contribution in [0.3, 0.4) is 0 Å². The molecular weight excluding hydrogens is 370 g/mol. The predicted octanol–water partition coefficient (Wildman–Crippen LogP) is 3.63. The topological polar surface area (TPSA) is 54.3 Å². The summed E-state index contributed by atoms with van der Waals surface area (Å²) < 4.78 is 2.25. The van der Waals surface area contributed by atoms with Crippen LogP contribution in [-0.2, 0) is 16.1 Å². The minimum absolute atomic E-state index is 0.0639. The van der Waals surface area contributed by atoms with E-state index in [1.54, 1.807) is 12.2 Å². The first-order valence-electron chi connectivity index (χ1n) is 9.06. The number of rotatable bonds is 4. The molecule has 1 saturated heterocycles. The number of hydrogen-bond acceptors (Lipinski definition) is 3. The molecule has 2 amide bonds. The van der Waals surface area contributed by atoms with Crippen molar-refractivity contribution in [2.24, 2.45) is 0 Å². The monoisotopic (exact) mass is 389 g/mol. The third-order valence-corrected chi connectivity index (χ3v) is 5.24. The van der Waals surface area contributed by atoms with Crippen LogP contribution in [0.25, 0.3) is 27.9 Å². The maximum atomic E-state index is 12.7. The molecule has 1 aliphatic heterocycles. The van der Waals surface area contributed by atoms with E-state index in [9.17, 15) is 9.59 Å². The van der Waals surface area contributed by atoms with Crippen LogP contribution in [0.1, 0.15) is 12.5 Å². The van der Waals surface area contributed by atoms with Crippen molar-refractivity contribution in [2.45, 2.75) is 13.5 Å². The molecule has 1 N–H and O–H groups in total. The fourth-order valence-corrected chi connectivity index (χ4v) is 3.91. The Morgan fingerprint density at radius 1 is 1.11 bits per heavy atom. The first-order valence-corrected chi connectivity index (χ1v) is 9.46. The SMILES string of the molecule is C=CCN1C(=O)/C(=C\c2ccc3c(c2)c2ccccc2n3CC)C(=O)NC1=S. The summed E-state index contributed by atoms with van der Waals surface area (Å²) >= 11 is 5.09. The molecule has 28 heavy (non-hydrogen) atoms. The third kappa shape index (κ3) is 2.82. The van der Waals surface area contributed by atoms with Gasteiger partial charge in [-0.05, 0) is 49.0 Å². The lowest BCUT2D eigenvalue weighted by Crippen LogP contribution is -2.53. The van der Waals surface area contributed by atoms with Crippen molar-refractivity contribution in [3.63, 3.8) is 0 Å². The molecule has 0 aliphatic carbocycles. The number of amides is 2. The number of nitrogens with one attached hydrogen (secondary N) is 1. The molecule has 1 aromatic heterocycles. The molecule has 1 fully saturated rings. The highest BCUT2D eigenvalue weighted by molar-refractivity contribution is 7.80. The van der Waals surface area contributed by atoms with Crippen molar-refractivity contribution in [2.75, 3.05) is 6.54 Å². The van der Waals surface area contributed by atoms with E-state index in [0.29, 0.717) is 0 Å². The number of benzene rings is 2. The average molecular weight is 389 g/mol. The molecule has 4 rings (SSSR count). The zero-order valence-electron chi connectivity index (χ0n) is 15.4. The van der Waals surface area contributed by atoms with Gasteiger partial charge in [-0.1, -0.05) is 30.3 Å². The standard InChI is InChI=1S/C22H19N3O2S/c1-3-11-25-21(27)17(20(26)23-22(25)28)13-14-9-10-19-16(12-14)15-7-5-6-8-18(15)24(19)4-2/h3,5-10,12-13H,1,4,11H2,2H3,(H,23,26,28)/b17-13-. The van der Waals surface area contributed by atoms with Crippen LogP contribution in [0.2, 0.25) is 0 Å². The Hall–Kier alpha value is -3.25. The minimum atomic E-state index is -0.480. The van der Waals surface area contributed by atoms with Crippen LogP contribution in [0.4, 0.5) is 0 Å². The molecular formula is C22H19N3O2S. The molecule has 0 saturated carbocycles. The molecule has 0 atom stereocenters. The Bertz CT molecular complexity index is 1190. The Balaban J connectivity index is 1.84. The lowest BCUT2D eigenvalue weighted by atomic mass is 10.0. The van der Waals surface area contributed by atoms with Gasteiger partial charge >= 0.3 is 0 Å². The van der Waals surface area contributed by atoms with Crippen molar-refractivity contribution in [1.29, 1.82) is 0 Å². The third-order valence-electron chi connectivity index (χ3n) is 4.92. The fourth-order valence-electron chi connectivity index (χ4n) is 3.66. The summed E-state index contributed by atoms with van der Waals surface area (Å²) in [5.41, 5.74) is 3.14. The molecule has 0 spiro atoms. The Morgan fingerprint density at radius 2 is 1.86 bits per heavy atom. The Labute approximate surface area is 167 Å². The summed E-state index contributed by atoms with van der Waals surface area (Å²) in [4.78, 5) is 26.4. The second-order valence-corrected chi connectivity index (χ2v) is 6.95. The highest BCUT2D eigenvalue weighted by atomic mass is 32.1. The maximum absolute atomic E-state index is 12.7. The Morgan fingerprint density at radius 3 is 2.61 bits per heavy atom. The van der Waals surface area contributed by atoms with Crippen molar-refractivity contribution in [3.05, 3.63) is 66.3 Å². The van der Waals surface area contributed by atoms with Crippen LogP contribution in [0, 0.1) is 0 Å². The first-order chi connectivity index (χ1) is 13.5.